The molecule has 30 heavy (non-hydrogen) atoms. The number of carbonyl (C=O) groups is 1. The van der Waals surface area contributed by atoms with Gasteiger partial charge in [0, 0.05) is 19.5 Å². The molecule has 0 radical (unpaired) electrons. The second-order valence-corrected chi connectivity index (χ2v) is 8.78. The first kappa shape index (κ1) is 20.4. The second kappa shape index (κ2) is 8.45. The summed E-state index contributed by atoms with van der Waals surface area (Å²) >= 11 is 6.21. The molecule has 2 N–H and O–H groups in total. The number of H-pyrrole nitrogens is 1. The zero-order valence-electron chi connectivity index (χ0n) is 16.1. The van der Waals surface area contributed by atoms with Gasteiger partial charge < -0.3 is 24.5 Å². The van der Waals surface area contributed by atoms with Crippen LogP contribution >= 0.6 is 23.6 Å². The lowest BCUT2D eigenvalue weighted by molar-refractivity contribution is 0.163. The Hall–Kier alpha value is -2.91. The Morgan fingerprint density at radius 1 is 1.30 bits per heavy atom. The molecule has 1 fully saturated rings. The number of cyclic esters (lactones) is 1. The van der Waals surface area contributed by atoms with E-state index in [-0.39, 0.29) is 24.4 Å². The van der Waals surface area contributed by atoms with Gasteiger partial charge in [0.1, 0.15) is 23.9 Å². The van der Waals surface area contributed by atoms with Gasteiger partial charge in [-0.25, -0.2) is 9.18 Å². The van der Waals surface area contributed by atoms with E-state index in [0.717, 1.165) is 5.56 Å². The molecule has 1 atom stereocenters. The maximum Gasteiger partial charge on any atom is 0.409 e. The molecule has 1 unspecified atom stereocenters. The van der Waals surface area contributed by atoms with Gasteiger partial charge in [0.15, 0.2) is 3.95 Å². The van der Waals surface area contributed by atoms with Gasteiger partial charge in [-0.15, -0.1) is 11.3 Å². The summed E-state index contributed by atoms with van der Waals surface area (Å²) in [4.78, 5) is 16.3. The minimum atomic E-state index is -0.420. The highest BCUT2D eigenvalue weighted by Gasteiger charge is 2.29. The average Bonchev–Trinajstić information content (AvgIpc) is 3.20. The molecule has 3 aromatic rings. The predicted molar refractivity (Wildman–Crippen MR) is 113 cm³/mol. The number of likely N-dealkylation sites (N-methyl/N-ethyl adjacent to an activating group) is 1. The molecule has 2 aromatic carbocycles. The van der Waals surface area contributed by atoms with Gasteiger partial charge in [0.2, 0.25) is 5.88 Å². The van der Waals surface area contributed by atoms with Crippen molar-refractivity contribution in [3.63, 3.8) is 0 Å². The molecular weight excluding hydrogens is 427 g/mol. The Labute approximate surface area is 181 Å². The van der Waals surface area contributed by atoms with Crippen LogP contribution < -0.4 is 4.74 Å². The van der Waals surface area contributed by atoms with Crippen molar-refractivity contribution in [1.29, 1.82) is 0 Å². The highest BCUT2D eigenvalue weighted by molar-refractivity contribution is 7.73. The van der Waals surface area contributed by atoms with Gasteiger partial charge in [-0.1, -0.05) is 18.2 Å². The largest absolute Gasteiger partial charge is 0.494 e. The number of ether oxygens (including phenoxy) is 2. The lowest BCUT2D eigenvalue weighted by Gasteiger charge is -2.16. The third kappa shape index (κ3) is 4.47. The average molecular weight is 447 g/mol. The zero-order valence-corrected chi connectivity index (χ0v) is 17.7. The summed E-state index contributed by atoms with van der Waals surface area (Å²) in [7, 11) is 1.73. The third-order valence-corrected chi connectivity index (χ3v) is 6.16. The summed E-state index contributed by atoms with van der Waals surface area (Å²) in [6.07, 6.45) is 0.624. The Morgan fingerprint density at radius 3 is 2.63 bits per heavy atom. The molecule has 0 saturated carbocycles. The Morgan fingerprint density at radius 2 is 2.03 bits per heavy atom. The minimum absolute atomic E-state index is 0.0167. The number of amides is 1. The normalized spacial score (nSPS) is 16.0. The fraction of sp³-hybridized carbons (Fsp3) is 0.238. The van der Waals surface area contributed by atoms with Crippen molar-refractivity contribution in [2.24, 2.45) is 0 Å². The summed E-state index contributed by atoms with van der Waals surface area (Å²) in [6, 6.07) is 12.1. The highest BCUT2D eigenvalue weighted by atomic mass is 32.1. The molecule has 1 aromatic heterocycles. The summed E-state index contributed by atoms with van der Waals surface area (Å²) < 4.78 is 25.7. The number of benzene rings is 2. The molecule has 1 aliphatic heterocycles. The van der Waals surface area contributed by atoms with E-state index in [2.05, 4.69) is 4.98 Å². The van der Waals surface area contributed by atoms with Crippen molar-refractivity contribution in [3.8, 4) is 17.4 Å². The van der Waals surface area contributed by atoms with Crippen LogP contribution in [-0.4, -0.2) is 40.8 Å². The van der Waals surface area contributed by atoms with Crippen LogP contribution in [0.25, 0.3) is 0 Å². The number of hydrogen-bond acceptors (Lipinski definition) is 6. The monoisotopic (exact) mass is 446 g/mol. The van der Waals surface area contributed by atoms with Gasteiger partial charge >= 0.3 is 6.09 Å². The summed E-state index contributed by atoms with van der Waals surface area (Å²) in [5, 5.41) is 9.79. The second-order valence-electron chi connectivity index (χ2n) is 7.01. The molecule has 6 nitrogen and oxygen atoms in total. The fourth-order valence-electron chi connectivity index (χ4n) is 3.21. The van der Waals surface area contributed by atoms with Crippen LogP contribution in [-0.2, 0) is 17.6 Å². The SMILES string of the molecule is CN1C(=O)OCC1Cc1ccc(Oc2ccc(Cc3sc(=S)[nH]c3O)c(F)c2)cc1. The number of halogens is 1. The Bertz CT molecular complexity index is 1130. The standard InChI is InChI=1S/C21H19FN2O4S2/c1-24-14(11-27-21(24)26)8-12-2-5-15(6-3-12)28-16-7-4-13(17(22)10-16)9-18-19(25)23-20(29)30-18/h2-7,10,14,25H,8-9,11H2,1H3,(H,23,29). The van der Waals surface area contributed by atoms with E-state index < -0.39 is 5.82 Å². The van der Waals surface area contributed by atoms with Crippen molar-refractivity contribution < 1.29 is 23.8 Å². The molecule has 156 valence electrons. The lowest BCUT2D eigenvalue weighted by Crippen LogP contribution is -2.30. The van der Waals surface area contributed by atoms with E-state index in [9.17, 15) is 14.3 Å². The van der Waals surface area contributed by atoms with Crippen molar-refractivity contribution in [3.05, 3.63) is 68.2 Å². The van der Waals surface area contributed by atoms with E-state index in [0.29, 0.717) is 38.9 Å². The number of nitrogens with zero attached hydrogens (tertiary/aromatic N) is 1. The minimum Gasteiger partial charge on any atom is -0.494 e. The molecule has 4 rings (SSSR count). The van der Waals surface area contributed by atoms with E-state index in [1.54, 1.807) is 24.1 Å². The van der Waals surface area contributed by atoms with Crippen molar-refractivity contribution in [1.82, 2.24) is 9.88 Å². The van der Waals surface area contributed by atoms with Crippen LogP contribution in [0.15, 0.2) is 42.5 Å². The summed E-state index contributed by atoms with van der Waals surface area (Å²) in [6.45, 7) is 0.383. The first-order valence-electron chi connectivity index (χ1n) is 9.25. The van der Waals surface area contributed by atoms with Gasteiger partial charge in [-0.2, -0.15) is 0 Å². The predicted octanol–water partition coefficient (Wildman–Crippen LogP) is 5.03. The van der Waals surface area contributed by atoms with Crippen LogP contribution in [0.4, 0.5) is 9.18 Å². The maximum atomic E-state index is 14.5. The number of hydrogen-bond donors (Lipinski definition) is 2. The van der Waals surface area contributed by atoms with Crippen LogP contribution in [0.5, 0.6) is 17.4 Å². The van der Waals surface area contributed by atoms with Crippen molar-refractivity contribution in [2.45, 2.75) is 18.9 Å². The van der Waals surface area contributed by atoms with Gasteiger partial charge in [-0.05, 0) is 48.0 Å². The number of aromatic amines is 1. The highest BCUT2D eigenvalue weighted by Crippen LogP contribution is 2.29. The van der Waals surface area contributed by atoms with E-state index in [4.69, 9.17) is 21.7 Å². The number of rotatable bonds is 6. The van der Waals surface area contributed by atoms with Crippen LogP contribution in [0.1, 0.15) is 16.0 Å². The molecule has 1 aliphatic rings. The van der Waals surface area contributed by atoms with Gasteiger partial charge in [0.25, 0.3) is 0 Å². The van der Waals surface area contributed by atoms with Gasteiger partial charge in [-0.3, -0.25) is 0 Å². The number of carbonyl (C=O) groups excluding carboxylic acids is 1. The topological polar surface area (TPSA) is 74.8 Å². The number of aromatic nitrogens is 1. The molecule has 0 aliphatic carbocycles. The third-order valence-electron chi connectivity index (χ3n) is 4.94. The van der Waals surface area contributed by atoms with Crippen LogP contribution in [0, 0.1) is 9.77 Å². The van der Waals surface area contributed by atoms with E-state index >= 15 is 0 Å². The number of aromatic hydroxyl groups is 1. The lowest BCUT2D eigenvalue weighted by atomic mass is 10.1. The van der Waals surface area contributed by atoms with Crippen LogP contribution in [0.2, 0.25) is 0 Å². The zero-order chi connectivity index (χ0) is 21.3. The van der Waals surface area contributed by atoms with E-state index in [1.807, 2.05) is 24.3 Å². The molecule has 0 spiro atoms. The summed E-state index contributed by atoms with van der Waals surface area (Å²) in [5.41, 5.74) is 1.49. The smallest absolute Gasteiger partial charge is 0.409 e. The van der Waals surface area contributed by atoms with Gasteiger partial charge in [0.05, 0.1) is 10.9 Å². The Balaban J connectivity index is 1.40. The first-order valence-corrected chi connectivity index (χ1v) is 10.5. The quantitative estimate of drug-likeness (QED) is 0.520. The van der Waals surface area contributed by atoms with E-state index in [1.165, 1.54) is 17.4 Å². The number of thiazole rings is 1. The molecule has 9 heteroatoms. The molecular formula is C21H19FN2O4S2. The first-order chi connectivity index (χ1) is 14.4. The fourth-order valence-corrected chi connectivity index (χ4v) is 4.35. The molecule has 0 bridgehead atoms. The number of nitrogens with one attached hydrogen (secondary N) is 1. The van der Waals surface area contributed by atoms with Crippen LogP contribution in [0.3, 0.4) is 0 Å². The Kier molecular flexibility index (Phi) is 5.74. The maximum absolute atomic E-state index is 14.5. The van der Waals surface area contributed by atoms with Crippen molar-refractivity contribution >= 4 is 29.6 Å². The molecule has 1 saturated heterocycles. The summed E-state index contributed by atoms with van der Waals surface area (Å²) in [5.74, 6) is 0.519. The van der Waals surface area contributed by atoms with Crippen molar-refractivity contribution in [2.75, 3.05) is 13.7 Å². The molecule has 2 heterocycles. The molecule has 1 amide bonds.